The molecule has 29 heavy (non-hydrogen) atoms. The molecule has 0 saturated carbocycles. The zero-order valence-electron chi connectivity index (χ0n) is 15.9. The van der Waals surface area contributed by atoms with E-state index in [4.69, 9.17) is 0 Å². The molecule has 1 aliphatic heterocycles. The number of fused-ring (bicyclic) bond motifs is 1. The molecule has 1 amide bonds. The predicted octanol–water partition coefficient (Wildman–Crippen LogP) is 2.79. The van der Waals surface area contributed by atoms with Crippen LogP contribution in [0.25, 0.3) is 10.2 Å². The van der Waals surface area contributed by atoms with E-state index in [9.17, 15) is 18.0 Å². The molecule has 0 atom stereocenters. The lowest BCUT2D eigenvalue weighted by Crippen LogP contribution is -2.33. The van der Waals surface area contributed by atoms with Gasteiger partial charge < -0.3 is 4.90 Å². The van der Waals surface area contributed by atoms with Gasteiger partial charge >= 0.3 is 4.87 Å². The Morgan fingerprint density at radius 2 is 1.86 bits per heavy atom. The van der Waals surface area contributed by atoms with Crippen LogP contribution in [0.15, 0.2) is 52.2 Å². The van der Waals surface area contributed by atoms with Crippen molar-refractivity contribution in [1.82, 2.24) is 9.47 Å². The molecule has 2 aromatic carbocycles. The number of amides is 1. The van der Waals surface area contributed by atoms with E-state index in [0.29, 0.717) is 15.9 Å². The number of aromatic nitrogens is 1. The molecule has 1 aliphatic rings. The van der Waals surface area contributed by atoms with E-state index in [0.717, 1.165) is 42.8 Å². The smallest absolute Gasteiger partial charge is 0.308 e. The number of nitrogens with zero attached hydrogens (tertiary/aromatic N) is 2. The highest BCUT2D eigenvalue weighted by atomic mass is 32.2. The molecule has 3 aromatic rings. The summed E-state index contributed by atoms with van der Waals surface area (Å²) >= 11 is 0.947. The van der Waals surface area contributed by atoms with Crippen LogP contribution in [0.4, 0.5) is 5.69 Å². The van der Waals surface area contributed by atoms with Gasteiger partial charge in [-0.1, -0.05) is 29.5 Å². The van der Waals surface area contributed by atoms with Gasteiger partial charge in [-0.15, -0.1) is 0 Å². The average Bonchev–Trinajstić information content (AvgIpc) is 3.32. The predicted molar refractivity (Wildman–Crippen MR) is 114 cm³/mol. The first-order valence-electron chi connectivity index (χ1n) is 9.35. The second-order valence-electron chi connectivity index (χ2n) is 7.09. The number of sulfonamides is 1. The molecule has 9 heteroatoms. The third kappa shape index (κ3) is 3.92. The molecule has 1 fully saturated rings. The van der Waals surface area contributed by atoms with Gasteiger partial charge in [-0.25, -0.2) is 8.42 Å². The number of rotatable bonds is 5. The topological polar surface area (TPSA) is 88.5 Å². The minimum Gasteiger partial charge on any atom is -0.341 e. The number of hydrogen-bond donors (Lipinski definition) is 1. The highest BCUT2D eigenvalue weighted by molar-refractivity contribution is 7.92. The third-order valence-corrected chi connectivity index (χ3v) is 7.40. The van der Waals surface area contributed by atoms with Crippen LogP contribution in [0.2, 0.25) is 0 Å². The molecule has 0 bridgehead atoms. The minimum absolute atomic E-state index is 0.0214. The standard InChI is InChI=1S/C20H21N3O4S2/c1-14-6-2-3-7-16(14)21-29(26,27)15-8-9-17-18(12-15)28-20(25)23(17)13-19(24)22-10-4-5-11-22/h2-3,6-9,12,21H,4-5,10-11,13H2,1H3. The number of likely N-dealkylation sites (tertiary alicyclic amines) is 1. The molecule has 0 unspecified atom stereocenters. The van der Waals surface area contributed by atoms with Crippen molar-refractivity contribution in [2.45, 2.75) is 31.2 Å². The van der Waals surface area contributed by atoms with Crippen molar-refractivity contribution in [3.05, 3.63) is 57.7 Å². The molecule has 4 rings (SSSR count). The van der Waals surface area contributed by atoms with Gasteiger partial charge in [0.15, 0.2) is 0 Å². The van der Waals surface area contributed by atoms with Crippen molar-refractivity contribution in [1.29, 1.82) is 0 Å². The quantitative estimate of drug-likeness (QED) is 0.673. The molecule has 1 saturated heterocycles. The minimum atomic E-state index is -3.80. The number of carbonyl (C=O) groups excluding carboxylic acids is 1. The summed E-state index contributed by atoms with van der Waals surface area (Å²) in [6, 6.07) is 11.7. The van der Waals surface area contributed by atoms with E-state index in [1.165, 1.54) is 16.7 Å². The summed E-state index contributed by atoms with van der Waals surface area (Å²) in [6.45, 7) is 3.25. The Labute approximate surface area is 172 Å². The molecular weight excluding hydrogens is 410 g/mol. The van der Waals surface area contributed by atoms with E-state index >= 15 is 0 Å². The van der Waals surface area contributed by atoms with E-state index in [-0.39, 0.29) is 22.2 Å². The van der Waals surface area contributed by atoms with Gasteiger partial charge in [-0.05, 0) is 49.6 Å². The Hall–Kier alpha value is -2.65. The Morgan fingerprint density at radius 1 is 1.14 bits per heavy atom. The zero-order valence-corrected chi connectivity index (χ0v) is 17.6. The molecule has 2 heterocycles. The van der Waals surface area contributed by atoms with Crippen LogP contribution in [-0.2, 0) is 21.4 Å². The Morgan fingerprint density at radius 3 is 2.59 bits per heavy atom. The maximum Gasteiger partial charge on any atom is 0.308 e. The maximum absolute atomic E-state index is 12.8. The number of para-hydroxylation sites is 1. The van der Waals surface area contributed by atoms with Crippen molar-refractivity contribution >= 4 is 43.2 Å². The highest BCUT2D eigenvalue weighted by Crippen LogP contribution is 2.25. The van der Waals surface area contributed by atoms with Crippen molar-refractivity contribution < 1.29 is 13.2 Å². The highest BCUT2D eigenvalue weighted by Gasteiger charge is 2.21. The van der Waals surface area contributed by atoms with E-state index in [2.05, 4.69) is 4.72 Å². The van der Waals surface area contributed by atoms with Gasteiger partial charge in [0.1, 0.15) is 6.54 Å². The van der Waals surface area contributed by atoms with Crippen LogP contribution in [0.5, 0.6) is 0 Å². The van der Waals surface area contributed by atoms with E-state index in [1.807, 2.05) is 19.1 Å². The van der Waals surface area contributed by atoms with Crippen LogP contribution < -0.4 is 9.60 Å². The number of thiazole rings is 1. The molecule has 1 N–H and O–H groups in total. The lowest BCUT2D eigenvalue weighted by molar-refractivity contribution is -0.130. The van der Waals surface area contributed by atoms with Gasteiger partial charge in [-0.2, -0.15) is 0 Å². The Balaban J connectivity index is 1.64. The lowest BCUT2D eigenvalue weighted by atomic mass is 10.2. The maximum atomic E-state index is 12.8. The van der Waals surface area contributed by atoms with Crippen LogP contribution in [0.3, 0.4) is 0 Å². The largest absolute Gasteiger partial charge is 0.341 e. The first kappa shape index (κ1) is 19.7. The molecule has 7 nitrogen and oxygen atoms in total. The van der Waals surface area contributed by atoms with Crippen molar-refractivity contribution in [3.8, 4) is 0 Å². The average molecular weight is 432 g/mol. The lowest BCUT2D eigenvalue weighted by Gasteiger charge is -2.15. The number of nitrogens with one attached hydrogen (secondary N) is 1. The summed E-state index contributed by atoms with van der Waals surface area (Å²) in [5.41, 5.74) is 1.89. The van der Waals surface area contributed by atoms with E-state index < -0.39 is 10.0 Å². The SMILES string of the molecule is Cc1ccccc1NS(=O)(=O)c1ccc2c(c1)sc(=O)n2CC(=O)N1CCCC1. The van der Waals surface area contributed by atoms with Gasteiger partial charge in [0.25, 0.3) is 10.0 Å². The Bertz CT molecular complexity index is 1240. The molecule has 0 aliphatic carbocycles. The molecule has 0 radical (unpaired) electrons. The van der Waals surface area contributed by atoms with Crippen LogP contribution in [0, 0.1) is 6.92 Å². The van der Waals surface area contributed by atoms with Crippen LogP contribution >= 0.6 is 11.3 Å². The number of benzene rings is 2. The summed E-state index contributed by atoms with van der Waals surface area (Å²) in [5.74, 6) is -0.0813. The molecule has 1 aromatic heterocycles. The molecular formula is C20H21N3O4S2. The Kier molecular flexibility index (Phi) is 5.18. The summed E-state index contributed by atoms with van der Waals surface area (Å²) in [7, 11) is -3.80. The normalized spacial score (nSPS) is 14.4. The third-order valence-electron chi connectivity index (χ3n) is 5.09. The van der Waals surface area contributed by atoms with Gasteiger partial charge in [-0.3, -0.25) is 18.9 Å². The van der Waals surface area contributed by atoms with Crippen molar-refractivity contribution in [2.75, 3.05) is 17.8 Å². The first-order chi connectivity index (χ1) is 13.8. The van der Waals surface area contributed by atoms with Gasteiger partial charge in [0.05, 0.1) is 20.8 Å². The molecule has 0 spiro atoms. The fraction of sp³-hybridized carbons (Fsp3) is 0.300. The van der Waals surface area contributed by atoms with Gasteiger partial charge in [0.2, 0.25) is 5.91 Å². The second kappa shape index (κ2) is 7.64. The van der Waals surface area contributed by atoms with Crippen LogP contribution in [0.1, 0.15) is 18.4 Å². The second-order valence-corrected chi connectivity index (χ2v) is 9.77. The van der Waals surface area contributed by atoms with Crippen LogP contribution in [-0.4, -0.2) is 36.9 Å². The fourth-order valence-electron chi connectivity index (χ4n) is 3.46. The van der Waals surface area contributed by atoms with E-state index in [1.54, 1.807) is 23.1 Å². The number of anilines is 1. The fourth-order valence-corrected chi connectivity index (χ4v) is 5.62. The summed E-state index contributed by atoms with van der Waals surface area (Å²) in [5, 5.41) is 0. The summed E-state index contributed by atoms with van der Waals surface area (Å²) < 4.78 is 30.1. The summed E-state index contributed by atoms with van der Waals surface area (Å²) in [4.78, 5) is 26.4. The number of carbonyl (C=O) groups is 1. The van der Waals surface area contributed by atoms with Crippen molar-refractivity contribution in [2.24, 2.45) is 0 Å². The van der Waals surface area contributed by atoms with Crippen molar-refractivity contribution in [3.63, 3.8) is 0 Å². The number of aryl methyl sites for hydroxylation is 1. The van der Waals surface area contributed by atoms with Gasteiger partial charge in [0, 0.05) is 13.1 Å². The zero-order chi connectivity index (χ0) is 20.6. The monoisotopic (exact) mass is 431 g/mol. The molecule has 152 valence electrons. The first-order valence-corrected chi connectivity index (χ1v) is 11.6. The number of hydrogen-bond acceptors (Lipinski definition) is 5. The summed E-state index contributed by atoms with van der Waals surface area (Å²) in [6.07, 6.45) is 1.97.